The monoisotopic (exact) mass is 399 g/mol. The molecule has 1 aliphatic rings. The number of benzene rings is 1. The van der Waals surface area contributed by atoms with Crippen LogP contribution in [-0.4, -0.2) is 54.3 Å². The van der Waals surface area contributed by atoms with E-state index in [2.05, 4.69) is 24.1 Å². The van der Waals surface area contributed by atoms with Crippen LogP contribution in [0.1, 0.15) is 37.8 Å². The molecule has 1 heterocycles. The Morgan fingerprint density at radius 2 is 2.00 bits per heavy atom. The summed E-state index contributed by atoms with van der Waals surface area (Å²) in [4.78, 5) is 28.2. The molecule has 8 heteroatoms. The van der Waals surface area contributed by atoms with E-state index in [0.29, 0.717) is 12.1 Å². The SMILES string of the molecule is CCN(CC)CCCNC(=O)[C@@H]1CC(=O)N(Cc2cccc(C(F)(F)F)c2)C1. The predicted octanol–water partition coefficient (Wildman–Crippen LogP) is 2.90. The highest BCUT2D eigenvalue weighted by atomic mass is 19.4. The van der Waals surface area contributed by atoms with Crippen molar-refractivity contribution in [2.45, 2.75) is 39.4 Å². The van der Waals surface area contributed by atoms with E-state index in [1.807, 2.05) is 0 Å². The van der Waals surface area contributed by atoms with Gasteiger partial charge in [0.25, 0.3) is 0 Å². The molecule has 1 aromatic rings. The van der Waals surface area contributed by atoms with Gasteiger partial charge in [-0.1, -0.05) is 26.0 Å². The first-order valence-corrected chi connectivity index (χ1v) is 9.68. The van der Waals surface area contributed by atoms with Crippen molar-refractivity contribution < 1.29 is 22.8 Å². The summed E-state index contributed by atoms with van der Waals surface area (Å²) in [6, 6.07) is 4.94. The first kappa shape index (κ1) is 22.2. The van der Waals surface area contributed by atoms with Crippen LogP contribution in [0.15, 0.2) is 24.3 Å². The molecule has 0 radical (unpaired) electrons. The van der Waals surface area contributed by atoms with Gasteiger partial charge in [0.05, 0.1) is 11.5 Å². The highest BCUT2D eigenvalue weighted by Crippen LogP contribution is 2.30. The van der Waals surface area contributed by atoms with Crippen LogP contribution in [-0.2, 0) is 22.3 Å². The van der Waals surface area contributed by atoms with Crippen molar-refractivity contribution in [1.29, 1.82) is 0 Å². The number of carbonyl (C=O) groups is 2. The molecule has 1 N–H and O–H groups in total. The number of nitrogens with zero attached hydrogens (tertiary/aromatic N) is 2. The standard InChI is InChI=1S/C20H28F3N3O2/c1-3-25(4-2)10-6-9-24-19(28)16-12-18(27)26(14-16)13-15-7-5-8-17(11-15)20(21,22)23/h5,7-8,11,16H,3-4,6,9-10,12-14H2,1-2H3,(H,24,28)/t16-/m1/s1. The number of hydrogen-bond donors (Lipinski definition) is 1. The van der Waals surface area contributed by atoms with Gasteiger partial charge >= 0.3 is 6.18 Å². The van der Waals surface area contributed by atoms with Crippen LogP contribution in [0.2, 0.25) is 0 Å². The quantitative estimate of drug-likeness (QED) is 0.650. The zero-order valence-electron chi connectivity index (χ0n) is 16.4. The van der Waals surface area contributed by atoms with Crippen LogP contribution >= 0.6 is 0 Å². The Labute approximate surface area is 163 Å². The number of carbonyl (C=O) groups excluding carboxylic acids is 2. The van der Waals surface area contributed by atoms with Crippen molar-refractivity contribution >= 4 is 11.8 Å². The van der Waals surface area contributed by atoms with E-state index in [1.165, 1.54) is 11.0 Å². The van der Waals surface area contributed by atoms with Crippen molar-refractivity contribution in [3.8, 4) is 0 Å². The lowest BCUT2D eigenvalue weighted by Gasteiger charge is -2.19. The third-order valence-corrected chi connectivity index (χ3v) is 5.06. The molecule has 2 amide bonds. The third-order valence-electron chi connectivity index (χ3n) is 5.06. The molecule has 1 fully saturated rings. The smallest absolute Gasteiger partial charge is 0.356 e. The normalized spacial score (nSPS) is 17.4. The summed E-state index contributed by atoms with van der Waals surface area (Å²) in [6.45, 7) is 7.87. The minimum atomic E-state index is -4.42. The van der Waals surface area contributed by atoms with Crippen LogP contribution in [0.5, 0.6) is 0 Å². The highest BCUT2D eigenvalue weighted by Gasteiger charge is 2.35. The maximum absolute atomic E-state index is 12.8. The first-order valence-electron chi connectivity index (χ1n) is 9.68. The summed E-state index contributed by atoms with van der Waals surface area (Å²) in [6.07, 6.45) is -3.48. The number of alkyl halides is 3. The lowest BCUT2D eigenvalue weighted by molar-refractivity contribution is -0.137. The maximum atomic E-state index is 12.8. The van der Waals surface area contributed by atoms with Crippen molar-refractivity contribution in [3.05, 3.63) is 35.4 Å². The summed E-state index contributed by atoms with van der Waals surface area (Å²) >= 11 is 0. The van der Waals surface area contributed by atoms with E-state index in [-0.39, 0.29) is 31.3 Å². The van der Waals surface area contributed by atoms with Gasteiger partial charge in [0.2, 0.25) is 11.8 Å². The number of nitrogens with one attached hydrogen (secondary N) is 1. The molecule has 0 aliphatic carbocycles. The first-order chi connectivity index (χ1) is 13.2. The summed E-state index contributed by atoms with van der Waals surface area (Å²) < 4.78 is 38.5. The van der Waals surface area contributed by atoms with Gasteiger partial charge in [0, 0.05) is 26.1 Å². The second-order valence-corrected chi connectivity index (χ2v) is 7.04. The fourth-order valence-corrected chi connectivity index (χ4v) is 3.37. The van der Waals surface area contributed by atoms with Gasteiger partial charge in [-0.25, -0.2) is 0 Å². The van der Waals surface area contributed by atoms with Crippen LogP contribution in [0.25, 0.3) is 0 Å². The van der Waals surface area contributed by atoms with Crippen LogP contribution in [0.4, 0.5) is 13.2 Å². The fourth-order valence-electron chi connectivity index (χ4n) is 3.37. The van der Waals surface area contributed by atoms with Gasteiger partial charge in [0.1, 0.15) is 0 Å². The summed E-state index contributed by atoms with van der Waals surface area (Å²) in [5.74, 6) is -0.827. The fraction of sp³-hybridized carbons (Fsp3) is 0.600. The molecular weight excluding hydrogens is 371 g/mol. The van der Waals surface area contributed by atoms with E-state index in [9.17, 15) is 22.8 Å². The molecule has 0 aromatic heterocycles. The third kappa shape index (κ3) is 6.22. The molecule has 0 bridgehead atoms. The Balaban J connectivity index is 1.84. The second-order valence-electron chi connectivity index (χ2n) is 7.04. The summed E-state index contributed by atoms with van der Waals surface area (Å²) in [5, 5.41) is 2.87. The van der Waals surface area contributed by atoms with Gasteiger partial charge < -0.3 is 15.1 Å². The Kier molecular flexibility index (Phi) is 7.86. The zero-order chi connectivity index (χ0) is 20.7. The predicted molar refractivity (Wildman–Crippen MR) is 100 cm³/mol. The van der Waals surface area contributed by atoms with E-state index in [4.69, 9.17) is 0 Å². The minimum absolute atomic E-state index is 0.0779. The lowest BCUT2D eigenvalue weighted by atomic mass is 10.1. The molecule has 0 saturated carbocycles. The molecule has 1 atom stereocenters. The molecule has 1 saturated heterocycles. The lowest BCUT2D eigenvalue weighted by Crippen LogP contribution is -2.35. The number of likely N-dealkylation sites (tertiary alicyclic amines) is 1. The van der Waals surface area contributed by atoms with E-state index in [0.717, 1.165) is 38.2 Å². The molecule has 0 spiro atoms. The Morgan fingerprint density at radius 1 is 1.29 bits per heavy atom. The van der Waals surface area contributed by atoms with Crippen molar-refractivity contribution in [3.63, 3.8) is 0 Å². The molecular formula is C20H28F3N3O2. The van der Waals surface area contributed by atoms with Gasteiger partial charge in [-0.3, -0.25) is 9.59 Å². The summed E-state index contributed by atoms with van der Waals surface area (Å²) in [5.41, 5.74) is -0.331. The van der Waals surface area contributed by atoms with Crippen molar-refractivity contribution in [1.82, 2.24) is 15.1 Å². The summed E-state index contributed by atoms with van der Waals surface area (Å²) in [7, 11) is 0. The van der Waals surface area contributed by atoms with Gasteiger partial charge in [0.15, 0.2) is 0 Å². The minimum Gasteiger partial charge on any atom is -0.356 e. The number of amides is 2. The van der Waals surface area contributed by atoms with Crippen LogP contribution < -0.4 is 5.32 Å². The molecule has 0 unspecified atom stereocenters. The molecule has 1 aliphatic heterocycles. The molecule has 2 rings (SSSR count). The maximum Gasteiger partial charge on any atom is 0.416 e. The average Bonchev–Trinajstić information content (AvgIpc) is 3.02. The van der Waals surface area contributed by atoms with Gasteiger partial charge in [-0.2, -0.15) is 13.2 Å². The average molecular weight is 399 g/mol. The second kappa shape index (κ2) is 9.91. The Hall–Kier alpha value is -2.09. The molecule has 5 nitrogen and oxygen atoms in total. The Morgan fingerprint density at radius 3 is 2.64 bits per heavy atom. The topological polar surface area (TPSA) is 52.7 Å². The van der Waals surface area contributed by atoms with E-state index in [1.54, 1.807) is 6.07 Å². The molecule has 1 aromatic carbocycles. The molecule has 28 heavy (non-hydrogen) atoms. The van der Waals surface area contributed by atoms with Crippen LogP contribution in [0.3, 0.4) is 0 Å². The van der Waals surface area contributed by atoms with E-state index < -0.39 is 17.7 Å². The van der Waals surface area contributed by atoms with Crippen molar-refractivity contribution in [2.75, 3.05) is 32.7 Å². The number of halogens is 3. The van der Waals surface area contributed by atoms with Gasteiger partial charge in [-0.05, 0) is 43.8 Å². The van der Waals surface area contributed by atoms with Crippen LogP contribution in [0, 0.1) is 5.92 Å². The number of rotatable bonds is 9. The largest absolute Gasteiger partial charge is 0.416 e. The zero-order valence-corrected chi connectivity index (χ0v) is 16.4. The van der Waals surface area contributed by atoms with Gasteiger partial charge in [-0.15, -0.1) is 0 Å². The molecule has 156 valence electrons. The van der Waals surface area contributed by atoms with E-state index >= 15 is 0 Å². The number of hydrogen-bond acceptors (Lipinski definition) is 3. The van der Waals surface area contributed by atoms with Crippen molar-refractivity contribution in [2.24, 2.45) is 5.92 Å². The Bertz CT molecular complexity index is 675. The highest BCUT2D eigenvalue weighted by molar-refractivity contribution is 5.89.